The summed E-state index contributed by atoms with van der Waals surface area (Å²) in [7, 11) is 0. The highest BCUT2D eigenvalue weighted by Gasteiger charge is 2.20. The second kappa shape index (κ2) is 6.94. The highest BCUT2D eigenvalue weighted by atomic mass is 35.5. The maximum atomic E-state index is 5.91. The summed E-state index contributed by atoms with van der Waals surface area (Å²) in [5.74, 6) is 2.87. The van der Waals surface area contributed by atoms with Gasteiger partial charge in [0.05, 0.1) is 6.61 Å². The van der Waals surface area contributed by atoms with Gasteiger partial charge in [-0.3, -0.25) is 0 Å². The number of alkyl halides is 1. The Morgan fingerprint density at radius 1 is 1.37 bits per heavy atom. The number of aryl methyl sites for hydroxylation is 1. The van der Waals surface area contributed by atoms with Gasteiger partial charge in [-0.25, -0.2) is 4.98 Å². The van der Waals surface area contributed by atoms with Gasteiger partial charge in [0, 0.05) is 30.7 Å². The van der Waals surface area contributed by atoms with Crippen molar-refractivity contribution in [1.29, 1.82) is 0 Å². The first kappa shape index (κ1) is 14.4. The van der Waals surface area contributed by atoms with Gasteiger partial charge in [0.2, 0.25) is 11.8 Å². The first-order chi connectivity index (χ1) is 9.22. The Hall–Kier alpha value is -1.03. The first-order valence-electron chi connectivity index (χ1n) is 7.02. The Bertz CT molecular complexity index is 406. The van der Waals surface area contributed by atoms with Crippen molar-refractivity contribution in [3.8, 4) is 5.88 Å². The predicted octanol–water partition coefficient (Wildman–Crippen LogP) is 3.03. The fourth-order valence-electron chi connectivity index (χ4n) is 2.23. The van der Waals surface area contributed by atoms with E-state index in [1.54, 1.807) is 0 Å². The fourth-order valence-corrected chi connectivity index (χ4v) is 2.54. The molecule has 0 saturated carbocycles. The minimum Gasteiger partial charge on any atom is -0.478 e. The third kappa shape index (κ3) is 3.96. The quantitative estimate of drug-likeness (QED) is 0.779. The number of halogens is 1. The van der Waals surface area contributed by atoms with Crippen LogP contribution in [0.5, 0.6) is 5.88 Å². The molecule has 2 rings (SSSR count). The minimum absolute atomic E-state index is 0.638. The lowest BCUT2D eigenvalue weighted by molar-refractivity contribution is 0.304. The molecule has 0 aliphatic carbocycles. The molecule has 0 atom stereocenters. The molecule has 5 heteroatoms. The summed E-state index contributed by atoms with van der Waals surface area (Å²) in [6.45, 7) is 6.73. The smallest absolute Gasteiger partial charge is 0.228 e. The normalized spacial score (nSPS) is 16.7. The van der Waals surface area contributed by atoms with Crippen molar-refractivity contribution in [1.82, 2.24) is 9.97 Å². The third-order valence-corrected chi connectivity index (χ3v) is 3.83. The van der Waals surface area contributed by atoms with Gasteiger partial charge < -0.3 is 9.64 Å². The van der Waals surface area contributed by atoms with Crippen molar-refractivity contribution in [2.24, 2.45) is 5.92 Å². The molecule has 1 aromatic rings. The van der Waals surface area contributed by atoms with Crippen molar-refractivity contribution in [2.45, 2.75) is 33.1 Å². The molecule has 0 bridgehead atoms. The second-order valence-electron chi connectivity index (χ2n) is 5.08. The van der Waals surface area contributed by atoms with Gasteiger partial charge in [-0.05, 0) is 32.1 Å². The van der Waals surface area contributed by atoms with Crippen LogP contribution in [-0.2, 0) is 0 Å². The zero-order valence-corrected chi connectivity index (χ0v) is 12.5. The Morgan fingerprint density at radius 2 is 2.11 bits per heavy atom. The number of rotatable bonds is 5. The van der Waals surface area contributed by atoms with Crippen LogP contribution in [0.1, 0.15) is 31.9 Å². The zero-order chi connectivity index (χ0) is 13.7. The molecule has 2 heterocycles. The second-order valence-corrected chi connectivity index (χ2v) is 5.39. The number of anilines is 1. The molecule has 0 spiro atoms. The van der Waals surface area contributed by atoms with E-state index >= 15 is 0 Å². The Kier molecular flexibility index (Phi) is 5.25. The van der Waals surface area contributed by atoms with Crippen LogP contribution in [0.15, 0.2) is 6.07 Å². The van der Waals surface area contributed by atoms with E-state index in [-0.39, 0.29) is 0 Å². The van der Waals surface area contributed by atoms with Crippen LogP contribution >= 0.6 is 11.6 Å². The number of aromatic nitrogens is 2. The zero-order valence-electron chi connectivity index (χ0n) is 11.7. The summed E-state index contributed by atoms with van der Waals surface area (Å²) < 4.78 is 5.61. The van der Waals surface area contributed by atoms with E-state index in [4.69, 9.17) is 16.3 Å². The molecular weight excluding hydrogens is 262 g/mol. The van der Waals surface area contributed by atoms with Gasteiger partial charge in [0.15, 0.2) is 0 Å². The lowest BCUT2D eigenvalue weighted by atomic mass is 9.99. The molecule has 19 heavy (non-hydrogen) atoms. The highest BCUT2D eigenvalue weighted by Crippen LogP contribution is 2.23. The summed E-state index contributed by atoms with van der Waals surface area (Å²) in [4.78, 5) is 11.3. The first-order valence-corrected chi connectivity index (χ1v) is 7.55. The van der Waals surface area contributed by atoms with E-state index < -0.39 is 0 Å². The monoisotopic (exact) mass is 283 g/mol. The van der Waals surface area contributed by atoms with Crippen molar-refractivity contribution in [3.05, 3.63) is 11.8 Å². The van der Waals surface area contributed by atoms with Crippen LogP contribution in [-0.4, -0.2) is 35.5 Å². The van der Waals surface area contributed by atoms with E-state index in [0.717, 1.165) is 49.9 Å². The third-order valence-electron chi connectivity index (χ3n) is 3.39. The fraction of sp³-hybridized carbons (Fsp3) is 0.714. The minimum atomic E-state index is 0.638. The van der Waals surface area contributed by atoms with Crippen LogP contribution < -0.4 is 9.64 Å². The van der Waals surface area contributed by atoms with Crippen LogP contribution in [0.25, 0.3) is 0 Å². The van der Waals surface area contributed by atoms with Crippen molar-refractivity contribution < 1.29 is 4.74 Å². The largest absolute Gasteiger partial charge is 0.478 e. The average Bonchev–Trinajstić information content (AvgIpc) is 2.44. The van der Waals surface area contributed by atoms with Gasteiger partial charge in [-0.2, -0.15) is 4.98 Å². The molecule has 1 aliphatic heterocycles. The number of hydrogen-bond donors (Lipinski definition) is 0. The molecule has 1 aromatic heterocycles. The number of nitrogens with zero attached hydrogens (tertiary/aromatic N) is 3. The molecule has 0 aromatic carbocycles. The summed E-state index contributed by atoms with van der Waals surface area (Å²) in [5, 5.41) is 0. The maximum absolute atomic E-state index is 5.91. The molecule has 0 amide bonds. The predicted molar refractivity (Wildman–Crippen MR) is 78.2 cm³/mol. The summed E-state index contributed by atoms with van der Waals surface area (Å²) in [6, 6.07) is 1.89. The Labute approximate surface area is 120 Å². The Morgan fingerprint density at radius 3 is 2.74 bits per heavy atom. The summed E-state index contributed by atoms with van der Waals surface area (Å²) in [5.41, 5.74) is 0.954. The summed E-state index contributed by atoms with van der Waals surface area (Å²) in [6.07, 6.45) is 3.22. The highest BCUT2D eigenvalue weighted by molar-refractivity contribution is 6.18. The standard InChI is InChI=1S/C14H22ClN3O/c1-3-8-19-13-9-11(2)16-14(17-13)18-6-4-12(10-15)5-7-18/h9,12H,3-8,10H2,1-2H3. The van der Waals surface area contributed by atoms with Crippen LogP contribution in [0, 0.1) is 12.8 Å². The van der Waals surface area contributed by atoms with Crippen LogP contribution in [0.2, 0.25) is 0 Å². The SMILES string of the molecule is CCCOc1cc(C)nc(N2CCC(CCl)CC2)n1. The topological polar surface area (TPSA) is 38.2 Å². The molecule has 1 fully saturated rings. The van der Waals surface area contributed by atoms with E-state index in [0.29, 0.717) is 18.4 Å². The molecule has 0 unspecified atom stereocenters. The van der Waals surface area contributed by atoms with Gasteiger partial charge in [0.25, 0.3) is 0 Å². The van der Waals surface area contributed by atoms with Gasteiger partial charge in [0.1, 0.15) is 0 Å². The molecule has 1 aliphatic rings. The average molecular weight is 284 g/mol. The number of piperidine rings is 1. The van der Waals surface area contributed by atoms with Crippen molar-refractivity contribution in [2.75, 3.05) is 30.5 Å². The molecular formula is C14H22ClN3O. The van der Waals surface area contributed by atoms with Gasteiger partial charge in [-0.1, -0.05) is 6.92 Å². The number of hydrogen-bond acceptors (Lipinski definition) is 4. The molecule has 0 radical (unpaired) electrons. The van der Waals surface area contributed by atoms with Crippen LogP contribution in [0.4, 0.5) is 5.95 Å². The van der Waals surface area contributed by atoms with Gasteiger partial charge in [-0.15, -0.1) is 11.6 Å². The molecule has 106 valence electrons. The molecule has 0 N–H and O–H groups in total. The molecule has 4 nitrogen and oxygen atoms in total. The van der Waals surface area contributed by atoms with E-state index in [1.165, 1.54) is 0 Å². The lowest BCUT2D eigenvalue weighted by Gasteiger charge is -2.31. The van der Waals surface area contributed by atoms with Crippen molar-refractivity contribution in [3.63, 3.8) is 0 Å². The molecule has 1 saturated heterocycles. The Balaban J connectivity index is 2.05. The van der Waals surface area contributed by atoms with Gasteiger partial charge >= 0.3 is 0 Å². The van der Waals surface area contributed by atoms with Crippen molar-refractivity contribution >= 4 is 17.5 Å². The lowest BCUT2D eigenvalue weighted by Crippen LogP contribution is -2.35. The van der Waals surface area contributed by atoms with E-state index in [2.05, 4.69) is 21.8 Å². The summed E-state index contributed by atoms with van der Waals surface area (Å²) >= 11 is 5.91. The van der Waals surface area contributed by atoms with Crippen LogP contribution in [0.3, 0.4) is 0 Å². The van der Waals surface area contributed by atoms with E-state index in [1.807, 2.05) is 13.0 Å². The van der Waals surface area contributed by atoms with E-state index in [9.17, 15) is 0 Å². The maximum Gasteiger partial charge on any atom is 0.228 e. The number of ether oxygens (including phenoxy) is 1.